The Morgan fingerprint density at radius 2 is 1.83 bits per heavy atom. The quantitative estimate of drug-likeness (QED) is 0.787. The third-order valence-corrected chi connectivity index (χ3v) is 5.41. The summed E-state index contributed by atoms with van der Waals surface area (Å²) in [5.41, 5.74) is 1.18. The number of halogens is 1. The first kappa shape index (κ1) is 16.7. The van der Waals surface area contributed by atoms with E-state index in [1.807, 2.05) is 6.20 Å². The molecule has 23 heavy (non-hydrogen) atoms. The van der Waals surface area contributed by atoms with Crippen molar-refractivity contribution in [2.24, 2.45) is 5.92 Å². The lowest BCUT2D eigenvalue weighted by Gasteiger charge is -2.38. The summed E-state index contributed by atoms with van der Waals surface area (Å²) >= 11 is 3.46. The topological polar surface area (TPSA) is 39.7 Å². The van der Waals surface area contributed by atoms with Crippen molar-refractivity contribution in [3.8, 4) is 0 Å². The number of piperazine rings is 1. The fourth-order valence-electron chi connectivity index (χ4n) is 3.49. The smallest absolute Gasteiger partial charge is 0.225 e. The van der Waals surface area contributed by atoms with Gasteiger partial charge in [0, 0.05) is 55.9 Å². The number of pyridine rings is 1. The molecule has 0 saturated carbocycles. The Balaban J connectivity index is 1.56. The monoisotopic (exact) mass is 380 g/mol. The van der Waals surface area contributed by atoms with E-state index in [-0.39, 0.29) is 5.92 Å². The van der Waals surface area contributed by atoms with E-state index < -0.39 is 0 Å². The number of hydrogen-bond acceptors (Lipinski definition) is 4. The molecule has 0 radical (unpaired) electrons. The number of amides is 1. The van der Waals surface area contributed by atoms with Crippen molar-refractivity contribution >= 4 is 27.7 Å². The Morgan fingerprint density at radius 1 is 1.17 bits per heavy atom. The first-order valence-corrected chi connectivity index (χ1v) is 9.18. The van der Waals surface area contributed by atoms with Crippen LogP contribution in [0.25, 0.3) is 0 Å². The lowest BCUT2D eigenvalue weighted by molar-refractivity contribution is -0.137. The molecule has 0 aromatic carbocycles. The average Bonchev–Trinajstić information content (AvgIpc) is 2.55. The highest BCUT2D eigenvalue weighted by Gasteiger charge is 2.30. The fourth-order valence-corrected chi connectivity index (χ4v) is 3.93. The van der Waals surface area contributed by atoms with E-state index in [0.29, 0.717) is 5.91 Å². The maximum atomic E-state index is 12.7. The van der Waals surface area contributed by atoms with Gasteiger partial charge in [0.15, 0.2) is 0 Å². The largest absolute Gasteiger partial charge is 0.356 e. The minimum Gasteiger partial charge on any atom is -0.356 e. The number of piperidine rings is 1. The molecule has 2 aliphatic rings. The van der Waals surface area contributed by atoms with Crippen molar-refractivity contribution in [2.75, 3.05) is 51.2 Å². The van der Waals surface area contributed by atoms with E-state index in [1.165, 1.54) is 5.56 Å². The molecule has 2 saturated heterocycles. The molecule has 0 unspecified atom stereocenters. The third-order valence-electron chi connectivity index (χ3n) is 4.98. The van der Waals surface area contributed by atoms with E-state index in [0.717, 1.165) is 62.4 Å². The predicted molar refractivity (Wildman–Crippen MR) is 95.7 cm³/mol. The number of hydrogen-bond donors (Lipinski definition) is 0. The van der Waals surface area contributed by atoms with Gasteiger partial charge in [0.25, 0.3) is 0 Å². The zero-order chi connectivity index (χ0) is 16.4. The Morgan fingerprint density at radius 3 is 2.43 bits per heavy atom. The van der Waals surface area contributed by atoms with Crippen LogP contribution in [0.5, 0.6) is 0 Å². The van der Waals surface area contributed by atoms with Crippen LogP contribution in [0.15, 0.2) is 16.7 Å². The fraction of sp³-hybridized carbons (Fsp3) is 0.647. The van der Waals surface area contributed by atoms with Crippen LogP contribution < -0.4 is 4.90 Å². The van der Waals surface area contributed by atoms with Gasteiger partial charge in [-0.2, -0.15) is 0 Å². The van der Waals surface area contributed by atoms with Crippen LogP contribution in [0.1, 0.15) is 18.4 Å². The van der Waals surface area contributed by atoms with Crippen molar-refractivity contribution in [1.82, 2.24) is 14.8 Å². The summed E-state index contributed by atoms with van der Waals surface area (Å²) in [5, 5.41) is 0. The van der Waals surface area contributed by atoms with Gasteiger partial charge in [-0.05, 0) is 54.4 Å². The van der Waals surface area contributed by atoms with E-state index in [2.05, 4.69) is 55.7 Å². The molecule has 2 aliphatic heterocycles. The van der Waals surface area contributed by atoms with E-state index in [9.17, 15) is 4.79 Å². The Hall–Kier alpha value is -1.14. The average molecular weight is 381 g/mol. The van der Waals surface area contributed by atoms with Gasteiger partial charge in [0.1, 0.15) is 5.82 Å². The lowest BCUT2D eigenvalue weighted by atomic mass is 9.94. The zero-order valence-electron chi connectivity index (χ0n) is 14.0. The van der Waals surface area contributed by atoms with E-state index in [4.69, 9.17) is 0 Å². The van der Waals surface area contributed by atoms with Gasteiger partial charge in [-0.3, -0.25) is 4.79 Å². The highest BCUT2D eigenvalue weighted by Crippen LogP contribution is 2.27. The van der Waals surface area contributed by atoms with Crippen LogP contribution in [0.2, 0.25) is 0 Å². The molecule has 0 N–H and O–H groups in total. The van der Waals surface area contributed by atoms with Gasteiger partial charge in [-0.25, -0.2) is 4.98 Å². The standard InChI is InChI=1S/C17H25BrN4O/c1-13-11-15(18)12-19-16(13)21-5-3-14(4-6-21)17(23)22-9-7-20(2)8-10-22/h11-12,14H,3-10H2,1-2H3. The highest BCUT2D eigenvalue weighted by atomic mass is 79.9. The normalized spacial score (nSPS) is 20.8. The number of likely N-dealkylation sites (N-methyl/N-ethyl adjacent to an activating group) is 1. The first-order chi connectivity index (χ1) is 11.0. The van der Waals surface area contributed by atoms with Gasteiger partial charge in [0.05, 0.1) is 0 Å². The van der Waals surface area contributed by atoms with Crippen molar-refractivity contribution in [3.63, 3.8) is 0 Å². The molecule has 0 atom stereocenters. The molecular weight excluding hydrogens is 356 g/mol. The molecule has 6 heteroatoms. The minimum absolute atomic E-state index is 0.186. The highest BCUT2D eigenvalue weighted by molar-refractivity contribution is 9.10. The number of carbonyl (C=O) groups is 1. The number of nitrogens with zero attached hydrogens (tertiary/aromatic N) is 4. The second-order valence-corrected chi connectivity index (χ2v) is 7.60. The molecule has 2 fully saturated rings. The molecule has 3 heterocycles. The van der Waals surface area contributed by atoms with E-state index in [1.54, 1.807) is 0 Å². The van der Waals surface area contributed by atoms with Crippen molar-refractivity contribution in [2.45, 2.75) is 19.8 Å². The summed E-state index contributed by atoms with van der Waals surface area (Å²) in [7, 11) is 2.12. The summed E-state index contributed by atoms with van der Waals surface area (Å²) in [4.78, 5) is 23.9. The second-order valence-electron chi connectivity index (χ2n) is 6.68. The molecule has 1 aromatic rings. The van der Waals surface area contributed by atoms with Gasteiger partial charge >= 0.3 is 0 Å². The number of rotatable bonds is 2. The molecule has 0 bridgehead atoms. The summed E-state index contributed by atoms with van der Waals surface area (Å²) in [5.74, 6) is 1.60. The number of carbonyl (C=O) groups excluding carboxylic acids is 1. The SMILES string of the molecule is Cc1cc(Br)cnc1N1CCC(C(=O)N2CCN(C)CC2)CC1. The van der Waals surface area contributed by atoms with Crippen molar-refractivity contribution in [1.29, 1.82) is 0 Å². The van der Waals surface area contributed by atoms with Gasteiger partial charge in [0.2, 0.25) is 5.91 Å². The Labute approximate surface area is 146 Å². The maximum Gasteiger partial charge on any atom is 0.225 e. The van der Waals surface area contributed by atoms with Crippen molar-refractivity contribution in [3.05, 3.63) is 22.3 Å². The van der Waals surface area contributed by atoms with Crippen LogP contribution >= 0.6 is 15.9 Å². The number of aryl methyl sites for hydroxylation is 1. The van der Waals surface area contributed by atoms with Crippen LogP contribution in [-0.2, 0) is 4.79 Å². The van der Waals surface area contributed by atoms with E-state index >= 15 is 0 Å². The molecule has 126 valence electrons. The van der Waals surface area contributed by atoms with Crippen LogP contribution in [0, 0.1) is 12.8 Å². The van der Waals surface area contributed by atoms with Crippen LogP contribution in [-0.4, -0.2) is 67.0 Å². The first-order valence-electron chi connectivity index (χ1n) is 8.39. The van der Waals surface area contributed by atoms with Gasteiger partial charge < -0.3 is 14.7 Å². The molecule has 0 aliphatic carbocycles. The van der Waals surface area contributed by atoms with Crippen LogP contribution in [0.4, 0.5) is 5.82 Å². The summed E-state index contributed by atoms with van der Waals surface area (Å²) < 4.78 is 1.01. The Kier molecular flexibility index (Phi) is 5.21. The number of aromatic nitrogens is 1. The summed E-state index contributed by atoms with van der Waals surface area (Å²) in [6.45, 7) is 7.67. The number of anilines is 1. The van der Waals surface area contributed by atoms with Crippen molar-refractivity contribution < 1.29 is 4.79 Å². The molecule has 5 nitrogen and oxygen atoms in total. The molecule has 3 rings (SSSR count). The zero-order valence-corrected chi connectivity index (χ0v) is 15.5. The van der Waals surface area contributed by atoms with Gasteiger partial charge in [-0.1, -0.05) is 0 Å². The Bertz CT molecular complexity index is 564. The molecule has 1 amide bonds. The van der Waals surface area contributed by atoms with Gasteiger partial charge in [-0.15, -0.1) is 0 Å². The molecular formula is C17H25BrN4O. The molecule has 1 aromatic heterocycles. The maximum absolute atomic E-state index is 12.7. The summed E-state index contributed by atoms with van der Waals surface area (Å²) in [6, 6.07) is 2.10. The van der Waals surface area contributed by atoms with Crippen LogP contribution in [0.3, 0.4) is 0 Å². The molecule has 0 spiro atoms. The second kappa shape index (κ2) is 7.18. The summed E-state index contributed by atoms with van der Waals surface area (Å²) in [6.07, 6.45) is 3.72. The minimum atomic E-state index is 0.186. The lowest BCUT2D eigenvalue weighted by Crippen LogP contribution is -2.50. The predicted octanol–water partition coefficient (Wildman–Crippen LogP) is 2.14. The third kappa shape index (κ3) is 3.86.